The van der Waals surface area contributed by atoms with E-state index in [1.54, 1.807) is 36.4 Å². The first kappa shape index (κ1) is 37.5. The van der Waals surface area contributed by atoms with Crippen LogP contribution in [-0.4, -0.2) is 65.6 Å². The number of hydrogen-bond donors (Lipinski definition) is 3. The summed E-state index contributed by atoms with van der Waals surface area (Å²) >= 11 is 0. The lowest BCUT2D eigenvalue weighted by atomic mass is 9.97. The first-order valence-electron chi connectivity index (χ1n) is 17.6. The molecule has 3 aromatic carbocycles. The van der Waals surface area contributed by atoms with E-state index >= 15 is 8.78 Å². The number of rotatable bonds is 16. The van der Waals surface area contributed by atoms with E-state index in [9.17, 15) is 4.79 Å². The smallest absolute Gasteiger partial charge is 0.299 e. The van der Waals surface area contributed by atoms with Crippen LogP contribution in [0, 0.1) is 5.92 Å². The molecule has 0 bridgehead atoms. The van der Waals surface area contributed by atoms with Gasteiger partial charge in [-0.2, -0.15) is 8.78 Å². The third-order valence-corrected chi connectivity index (χ3v) is 9.27. The molecule has 0 fully saturated rings. The molecule has 5 rings (SSSR count). The van der Waals surface area contributed by atoms with E-state index in [0.717, 1.165) is 41.9 Å². The summed E-state index contributed by atoms with van der Waals surface area (Å²) in [6.07, 6.45) is 4.42. The van der Waals surface area contributed by atoms with Gasteiger partial charge in [0.25, 0.3) is 11.8 Å². The summed E-state index contributed by atoms with van der Waals surface area (Å²) in [5.41, 5.74) is 12.0. The number of hydrogen-bond acceptors (Lipinski definition) is 6. The normalized spacial score (nSPS) is 14.0. The van der Waals surface area contributed by atoms with Gasteiger partial charge in [-0.05, 0) is 72.3 Å². The summed E-state index contributed by atoms with van der Waals surface area (Å²) in [5, 5.41) is 3.31. The summed E-state index contributed by atoms with van der Waals surface area (Å²) in [7, 11) is 3.59. The second kappa shape index (κ2) is 16.0. The van der Waals surface area contributed by atoms with Gasteiger partial charge in [-0.3, -0.25) is 4.79 Å². The Kier molecular flexibility index (Phi) is 11.8. The van der Waals surface area contributed by atoms with Gasteiger partial charge < -0.3 is 30.6 Å². The van der Waals surface area contributed by atoms with Crippen LogP contribution in [0.15, 0.2) is 85.3 Å². The molecular formula is C41H50F2N6O2. The van der Waals surface area contributed by atoms with E-state index in [1.807, 2.05) is 64.2 Å². The zero-order chi connectivity index (χ0) is 36.9. The van der Waals surface area contributed by atoms with Crippen LogP contribution in [0.1, 0.15) is 63.1 Å². The van der Waals surface area contributed by atoms with E-state index in [0.29, 0.717) is 46.9 Å². The SMILES string of the molecule is C=C(CN(C)CCC)N/C(=C\N)c1ccc(-c2ccc3c(c2)C(F)(F)c2cc(-c4cnc(CN(CCC)C(=O)C(OC)C(C)C)[nH]4)ccc2-3)cc1. The van der Waals surface area contributed by atoms with Gasteiger partial charge in [-0.25, -0.2) is 4.98 Å². The van der Waals surface area contributed by atoms with Crippen molar-refractivity contribution in [1.29, 1.82) is 0 Å². The molecule has 1 atom stereocenters. The number of ether oxygens (including phenoxy) is 1. The minimum absolute atomic E-state index is 0.0196. The summed E-state index contributed by atoms with van der Waals surface area (Å²) < 4.78 is 37.9. The first-order valence-corrected chi connectivity index (χ1v) is 17.6. The third kappa shape index (κ3) is 8.08. The van der Waals surface area contributed by atoms with E-state index < -0.39 is 12.0 Å². The van der Waals surface area contributed by atoms with Gasteiger partial charge in [0, 0.05) is 48.8 Å². The van der Waals surface area contributed by atoms with Crippen LogP contribution in [0.5, 0.6) is 0 Å². The van der Waals surface area contributed by atoms with Gasteiger partial charge >= 0.3 is 0 Å². The molecule has 8 nitrogen and oxygen atoms in total. The fourth-order valence-corrected chi connectivity index (χ4v) is 6.78. The number of likely N-dealkylation sites (N-methyl/N-ethyl adjacent to an activating group) is 1. The van der Waals surface area contributed by atoms with Gasteiger partial charge in [0.1, 0.15) is 11.9 Å². The van der Waals surface area contributed by atoms with E-state index in [2.05, 4.69) is 33.7 Å². The summed E-state index contributed by atoms with van der Waals surface area (Å²) in [4.78, 5) is 24.9. The summed E-state index contributed by atoms with van der Waals surface area (Å²) in [6, 6.07) is 18.0. The molecule has 0 saturated heterocycles. The average molecular weight is 697 g/mol. The number of H-pyrrole nitrogens is 1. The van der Waals surface area contributed by atoms with Crippen molar-refractivity contribution in [3.05, 3.63) is 108 Å². The van der Waals surface area contributed by atoms with Crippen molar-refractivity contribution in [2.45, 2.75) is 59.1 Å². The van der Waals surface area contributed by atoms with Crippen molar-refractivity contribution in [3.63, 3.8) is 0 Å². The van der Waals surface area contributed by atoms with Crippen molar-refractivity contribution >= 4 is 11.6 Å². The maximum Gasteiger partial charge on any atom is 0.299 e. The standard InChI is InChI=1S/C41H50F2N6O2/c1-8-18-48(6)24-27(5)46-36(22-44)29-12-10-28(11-13-29)30-14-16-32-33-17-15-31(21-35(33)41(42,43)34(32)20-30)37-23-45-38(47-37)25-49(19-9-2)40(50)39(51-7)26(3)4/h10-17,20-23,26,39,46H,5,8-9,18-19,24-25,44H2,1-4,6-7H3,(H,45,47)/b36-22-. The molecule has 0 radical (unpaired) electrons. The molecule has 1 aliphatic rings. The number of imidazole rings is 1. The molecule has 0 spiro atoms. The van der Waals surface area contributed by atoms with E-state index in [-0.39, 0.29) is 29.5 Å². The van der Waals surface area contributed by atoms with Gasteiger partial charge in [-0.1, -0.05) is 82.8 Å². The molecule has 4 N–H and O–H groups in total. The number of aromatic amines is 1. The minimum Gasteiger partial charge on any atom is -0.403 e. The monoisotopic (exact) mass is 696 g/mol. The Balaban J connectivity index is 1.33. The summed E-state index contributed by atoms with van der Waals surface area (Å²) in [5.74, 6) is -2.70. The number of halogens is 2. The largest absolute Gasteiger partial charge is 0.403 e. The molecule has 1 aromatic heterocycles. The van der Waals surface area contributed by atoms with Crippen LogP contribution in [0.4, 0.5) is 8.78 Å². The second-order valence-corrected chi connectivity index (χ2v) is 13.6. The second-order valence-electron chi connectivity index (χ2n) is 13.6. The number of nitrogens with two attached hydrogens (primary N) is 1. The highest BCUT2D eigenvalue weighted by molar-refractivity contribution is 5.85. The lowest BCUT2D eigenvalue weighted by molar-refractivity contribution is -0.145. The lowest BCUT2D eigenvalue weighted by Gasteiger charge is -2.27. The molecular weight excluding hydrogens is 646 g/mol. The van der Waals surface area contributed by atoms with Crippen LogP contribution in [0.2, 0.25) is 0 Å². The molecule has 51 heavy (non-hydrogen) atoms. The van der Waals surface area contributed by atoms with Crippen LogP contribution in [0.25, 0.3) is 39.2 Å². The molecule has 4 aromatic rings. The van der Waals surface area contributed by atoms with E-state index in [1.165, 1.54) is 12.3 Å². The number of aromatic nitrogens is 2. The summed E-state index contributed by atoms with van der Waals surface area (Å²) in [6.45, 7) is 14.6. The van der Waals surface area contributed by atoms with Gasteiger partial charge in [-0.15, -0.1) is 0 Å². The molecule has 0 saturated carbocycles. The Morgan fingerprint density at radius 3 is 2.20 bits per heavy atom. The van der Waals surface area contributed by atoms with Crippen molar-refractivity contribution in [2.24, 2.45) is 11.7 Å². The third-order valence-electron chi connectivity index (χ3n) is 9.27. The Labute approximate surface area is 300 Å². The predicted octanol–water partition coefficient (Wildman–Crippen LogP) is 7.98. The van der Waals surface area contributed by atoms with Crippen molar-refractivity contribution < 1.29 is 18.3 Å². The number of carbonyl (C=O) groups is 1. The van der Waals surface area contributed by atoms with Crippen molar-refractivity contribution in [2.75, 3.05) is 33.8 Å². The number of methoxy groups -OCH3 is 1. The highest BCUT2D eigenvalue weighted by Gasteiger charge is 2.44. The molecule has 1 amide bonds. The Morgan fingerprint density at radius 2 is 1.61 bits per heavy atom. The van der Waals surface area contributed by atoms with Gasteiger partial charge in [0.15, 0.2) is 0 Å². The first-order chi connectivity index (χ1) is 24.4. The Morgan fingerprint density at radius 1 is 1.00 bits per heavy atom. The highest BCUT2D eigenvalue weighted by Crippen LogP contribution is 2.52. The van der Waals surface area contributed by atoms with Crippen molar-refractivity contribution in [3.8, 4) is 33.5 Å². The zero-order valence-corrected chi connectivity index (χ0v) is 30.5. The fraction of sp³-hybridized carbons (Fsp3) is 0.366. The van der Waals surface area contributed by atoms with Crippen LogP contribution in [0.3, 0.4) is 0 Å². The highest BCUT2D eigenvalue weighted by atomic mass is 19.3. The average Bonchev–Trinajstić information content (AvgIpc) is 3.66. The zero-order valence-electron chi connectivity index (χ0n) is 30.5. The lowest BCUT2D eigenvalue weighted by Crippen LogP contribution is -2.42. The van der Waals surface area contributed by atoms with Gasteiger partial charge in [0.05, 0.1) is 24.1 Å². The quantitative estimate of drug-likeness (QED) is 0.110. The predicted molar refractivity (Wildman–Crippen MR) is 201 cm³/mol. The Bertz CT molecular complexity index is 1880. The molecule has 1 unspecified atom stereocenters. The van der Waals surface area contributed by atoms with Crippen LogP contribution in [-0.2, 0) is 22.0 Å². The Hall–Kier alpha value is -4.80. The van der Waals surface area contributed by atoms with E-state index in [4.69, 9.17) is 10.5 Å². The number of fused-ring (bicyclic) bond motifs is 3. The topological polar surface area (TPSA) is 99.5 Å². The molecule has 270 valence electrons. The molecule has 1 heterocycles. The molecule has 0 aliphatic heterocycles. The number of nitrogens with one attached hydrogen (secondary N) is 2. The fourth-order valence-electron chi connectivity index (χ4n) is 6.78. The number of amides is 1. The molecule has 10 heteroatoms. The number of nitrogens with zero attached hydrogens (tertiary/aromatic N) is 3. The number of benzene rings is 3. The minimum atomic E-state index is -3.19. The molecule has 1 aliphatic carbocycles. The van der Waals surface area contributed by atoms with Gasteiger partial charge in [0.2, 0.25) is 0 Å². The maximum atomic E-state index is 16.2. The maximum absolute atomic E-state index is 16.2. The van der Waals surface area contributed by atoms with Crippen LogP contribution >= 0.6 is 0 Å². The van der Waals surface area contributed by atoms with Crippen LogP contribution < -0.4 is 11.1 Å². The number of alkyl halides is 2. The number of carbonyl (C=O) groups excluding carboxylic acids is 1. The van der Waals surface area contributed by atoms with Crippen molar-refractivity contribution in [1.82, 2.24) is 25.1 Å².